The molecule has 1 N–H and O–H groups in total. The van der Waals surface area contributed by atoms with Crippen LogP contribution in [0.25, 0.3) is 0 Å². The van der Waals surface area contributed by atoms with Crippen molar-refractivity contribution in [2.75, 3.05) is 6.54 Å². The van der Waals surface area contributed by atoms with Crippen LogP contribution >= 0.6 is 0 Å². The predicted molar refractivity (Wildman–Crippen MR) is 89.0 cm³/mol. The van der Waals surface area contributed by atoms with Gasteiger partial charge in [0.2, 0.25) is 0 Å². The first-order valence-corrected chi connectivity index (χ1v) is 8.58. The minimum absolute atomic E-state index is 0.724. The summed E-state index contributed by atoms with van der Waals surface area (Å²) < 4.78 is 2.42. The monoisotopic (exact) mass is 278 g/mol. The average Bonchev–Trinajstić information content (AvgIpc) is 2.85. The minimum Gasteiger partial charge on any atom is -0.350 e. The maximum absolute atomic E-state index is 3.53. The second-order valence-electron chi connectivity index (χ2n) is 6.34. The molecular formula is C18H34N2. The zero-order chi connectivity index (χ0) is 14.6. The van der Waals surface area contributed by atoms with Gasteiger partial charge in [-0.3, -0.25) is 0 Å². The molecule has 1 aromatic heterocycles. The van der Waals surface area contributed by atoms with Gasteiger partial charge in [0.25, 0.3) is 0 Å². The third-order valence-corrected chi connectivity index (χ3v) is 3.78. The summed E-state index contributed by atoms with van der Waals surface area (Å²) in [7, 11) is 0. The van der Waals surface area contributed by atoms with E-state index >= 15 is 0 Å². The van der Waals surface area contributed by atoms with Gasteiger partial charge < -0.3 is 9.88 Å². The molecule has 0 radical (unpaired) electrons. The van der Waals surface area contributed by atoms with Crippen LogP contribution in [0.5, 0.6) is 0 Å². The van der Waals surface area contributed by atoms with Crippen molar-refractivity contribution in [2.45, 2.75) is 78.8 Å². The van der Waals surface area contributed by atoms with Gasteiger partial charge in [-0.25, -0.2) is 0 Å². The summed E-state index contributed by atoms with van der Waals surface area (Å²) in [5, 5.41) is 3.53. The SMILES string of the molecule is CCCCCCCCCn1cccc1CNCC(C)C. The zero-order valence-corrected chi connectivity index (χ0v) is 13.8. The van der Waals surface area contributed by atoms with E-state index in [-0.39, 0.29) is 0 Å². The largest absolute Gasteiger partial charge is 0.350 e. The molecule has 0 atom stereocenters. The van der Waals surface area contributed by atoms with Crippen molar-refractivity contribution in [3.05, 3.63) is 24.0 Å². The predicted octanol–water partition coefficient (Wildman–Crippen LogP) is 4.98. The summed E-state index contributed by atoms with van der Waals surface area (Å²) >= 11 is 0. The van der Waals surface area contributed by atoms with E-state index in [0.29, 0.717) is 0 Å². The Hall–Kier alpha value is -0.760. The van der Waals surface area contributed by atoms with Gasteiger partial charge in [-0.05, 0) is 31.0 Å². The van der Waals surface area contributed by atoms with Crippen LogP contribution in [0.3, 0.4) is 0 Å². The third-order valence-electron chi connectivity index (χ3n) is 3.78. The third kappa shape index (κ3) is 7.74. The molecule has 0 saturated carbocycles. The van der Waals surface area contributed by atoms with Gasteiger partial charge in [0.05, 0.1) is 0 Å². The van der Waals surface area contributed by atoms with Crippen LogP contribution in [0.4, 0.5) is 0 Å². The smallest absolute Gasteiger partial charge is 0.0359 e. The van der Waals surface area contributed by atoms with Gasteiger partial charge in [-0.2, -0.15) is 0 Å². The van der Waals surface area contributed by atoms with Crippen molar-refractivity contribution < 1.29 is 0 Å². The van der Waals surface area contributed by atoms with Gasteiger partial charge in [0.1, 0.15) is 0 Å². The summed E-state index contributed by atoms with van der Waals surface area (Å²) in [4.78, 5) is 0. The lowest BCUT2D eigenvalue weighted by molar-refractivity contribution is 0.515. The Labute approximate surface area is 126 Å². The number of unbranched alkanes of at least 4 members (excludes halogenated alkanes) is 6. The summed E-state index contributed by atoms with van der Waals surface area (Å²) in [5.41, 5.74) is 1.43. The fourth-order valence-corrected chi connectivity index (χ4v) is 2.56. The molecule has 0 aliphatic rings. The highest BCUT2D eigenvalue weighted by molar-refractivity contribution is 5.06. The number of hydrogen-bond acceptors (Lipinski definition) is 1. The van der Waals surface area contributed by atoms with Crippen molar-refractivity contribution in [1.82, 2.24) is 9.88 Å². The Balaban J connectivity index is 2.12. The topological polar surface area (TPSA) is 17.0 Å². The standard InChI is InChI=1S/C18H34N2/c1-4-5-6-7-8-9-10-13-20-14-11-12-18(20)16-19-15-17(2)3/h11-12,14,17,19H,4-10,13,15-16H2,1-3H3. The van der Waals surface area contributed by atoms with E-state index in [4.69, 9.17) is 0 Å². The first-order valence-electron chi connectivity index (χ1n) is 8.58. The van der Waals surface area contributed by atoms with Crippen LogP contribution in [0, 0.1) is 5.92 Å². The molecule has 20 heavy (non-hydrogen) atoms. The Morgan fingerprint density at radius 2 is 1.75 bits per heavy atom. The molecule has 0 aliphatic carbocycles. The molecule has 116 valence electrons. The number of nitrogens with one attached hydrogen (secondary N) is 1. The first kappa shape index (κ1) is 17.3. The van der Waals surface area contributed by atoms with Gasteiger partial charge in [-0.1, -0.05) is 59.3 Å². The Morgan fingerprint density at radius 1 is 1.05 bits per heavy atom. The lowest BCUT2D eigenvalue weighted by Gasteiger charge is -2.11. The molecule has 0 unspecified atom stereocenters. The van der Waals surface area contributed by atoms with Crippen LogP contribution in [-0.4, -0.2) is 11.1 Å². The average molecular weight is 278 g/mol. The highest BCUT2D eigenvalue weighted by Crippen LogP contribution is 2.10. The number of nitrogens with zero attached hydrogens (tertiary/aromatic N) is 1. The fraction of sp³-hybridized carbons (Fsp3) is 0.778. The van der Waals surface area contributed by atoms with Crippen LogP contribution in [-0.2, 0) is 13.1 Å². The molecule has 1 heterocycles. The van der Waals surface area contributed by atoms with E-state index in [1.807, 2.05) is 0 Å². The summed E-state index contributed by atoms with van der Waals surface area (Å²) in [6, 6.07) is 4.42. The number of hydrogen-bond donors (Lipinski definition) is 1. The van der Waals surface area contributed by atoms with E-state index < -0.39 is 0 Å². The van der Waals surface area contributed by atoms with Crippen molar-refractivity contribution in [3.8, 4) is 0 Å². The van der Waals surface area contributed by atoms with Gasteiger partial charge in [-0.15, -0.1) is 0 Å². The highest BCUT2D eigenvalue weighted by atomic mass is 15.0. The first-order chi connectivity index (χ1) is 9.74. The van der Waals surface area contributed by atoms with Gasteiger partial charge >= 0.3 is 0 Å². The summed E-state index contributed by atoms with van der Waals surface area (Å²) in [6.07, 6.45) is 11.9. The molecule has 2 nitrogen and oxygen atoms in total. The minimum atomic E-state index is 0.724. The second kappa shape index (κ2) is 11.0. The lowest BCUT2D eigenvalue weighted by Crippen LogP contribution is -2.20. The molecular weight excluding hydrogens is 244 g/mol. The van der Waals surface area contributed by atoms with Crippen molar-refractivity contribution >= 4 is 0 Å². The Morgan fingerprint density at radius 3 is 2.45 bits per heavy atom. The van der Waals surface area contributed by atoms with Crippen LogP contribution < -0.4 is 5.32 Å². The lowest BCUT2D eigenvalue weighted by atomic mass is 10.1. The summed E-state index contributed by atoms with van der Waals surface area (Å²) in [6.45, 7) is 10.1. The van der Waals surface area contributed by atoms with E-state index in [1.54, 1.807) is 0 Å². The molecule has 0 fully saturated rings. The quantitative estimate of drug-likeness (QED) is 0.533. The van der Waals surface area contributed by atoms with Crippen molar-refractivity contribution in [1.29, 1.82) is 0 Å². The second-order valence-corrected chi connectivity index (χ2v) is 6.34. The Bertz CT molecular complexity index is 328. The number of rotatable bonds is 12. The van der Waals surface area contributed by atoms with E-state index in [9.17, 15) is 0 Å². The van der Waals surface area contributed by atoms with E-state index in [1.165, 1.54) is 57.2 Å². The van der Waals surface area contributed by atoms with Crippen LogP contribution in [0.1, 0.15) is 71.4 Å². The summed E-state index contributed by atoms with van der Waals surface area (Å²) in [5.74, 6) is 0.724. The molecule has 0 saturated heterocycles. The van der Waals surface area contributed by atoms with Crippen LogP contribution in [0.15, 0.2) is 18.3 Å². The highest BCUT2D eigenvalue weighted by Gasteiger charge is 2.01. The van der Waals surface area contributed by atoms with Crippen molar-refractivity contribution in [2.24, 2.45) is 5.92 Å². The van der Waals surface area contributed by atoms with Crippen LogP contribution in [0.2, 0.25) is 0 Å². The zero-order valence-electron chi connectivity index (χ0n) is 13.8. The molecule has 0 bridgehead atoms. The number of aryl methyl sites for hydroxylation is 1. The molecule has 0 aromatic carbocycles. The van der Waals surface area contributed by atoms with Gasteiger partial charge in [0, 0.05) is 25.0 Å². The molecule has 1 aromatic rings. The van der Waals surface area contributed by atoms with Gasteiger partial charge in [0.15, 0.2) is 0 Å². The maximum Gasteiger partial charge on any atom is 0.0359 e. The maximum atomic E-state index is 3.53. The fourth-order valence-electron chi connectivity index (χ4n) is 2.56. The molecule has 0 spiro atoms. The van der Waals surface area contributed by atoms with Crippen molar-refractivity contribution in [3.63, 3.8) is 0 Å². The molecule has 2 heteroatoms. The Kier molecular flexibility index (Phi) is 9.48. The van der Waals surface area contributed by atoms with E-state index in [0.717, 1.165) is 19.0 Å². The molecule has 1 rings (SSSR count). The number of aromatic nitrogens is 1. The van der Waals surface area contributed by atoms with E-state index in [2.05, 4.69) is 49.0 Å². The molecule has 0 amide bonds. The molecule has 0 aliphatic heterocycles. The normalized spacial score (nSPS) is 11.4.